The number of aromatic amines is 2. The standard InChI is InChI=1S/C9H7N3O4S/c13-7(4-3-10-9(16)11-4)12-6-2-1-5(17-6)8(14)15/h1-3H,(H,12,13)(H,14,15)(H2,10,11,16). The van der Waals surface area contributed by atoms with Gasteiger partial charge in [0.2, 0.25) is 0 Å². The van der Waals surface area contributed by atoms with Gasteiger partial charge in [-0.1, -0.05) is 0 Å². The Morgan fingerprint density at radius 2 is 2.12 bits per heavy atom. The third kappa shape index (κ3) is 2.42. The Bertz CT molecular complexity index is 624. The predicted octanol–water partition coefficient (Wildman–Crippen LogP) is 0.715. The molecule has 0 saturated carbocycles. The van der Waals surface area contributed by atoms with Crippen LogP contribution in [-0.2, 0) is 0 Å². The molecule has 88 valence electrons. The van der Waals surface area contributed by atoms with Gasteiger partial charge in [0.25, 0.3) is 5.91 Å². The van der Waals surface area contributed by atoms with Gasteiger partial charge in [-0.2, -0.15) is 0 Å². The van der Waals surface area contributed by atoms with Crippen molar-refractivity contribution in [3.05, 3.63) is 39.4 Å². The lowest BCUT2D eigenvalue weighted by Crippen LogP contribution is -2.13. The van der Waals surface area contributed by atoms with Gasteiger partial charge in [-0.05, 0) is 12.1 Å². The molecule has 0 bridgehead atoms. The van der Waals surface area contributed by atoms with Crippen LogP contribution in [0.3, 0.4) is 0 Å². The molecule has 0 atom stereocenters. The van der Waals surface area contributed by atoms with Gasteiger partial charge in [0, 0.05) is 6.20 Å². The van der Waals surface area contributed by atoms with E-state index in [-0.39, 0.29) is 10.6 Å². The quantitative estimate of drug-likeness (QED) is 0.644. The van der Waals surface area contributed by atoms with Crippen LogP contribution in [0.2, 0.25) is 0 Å². The molecule has 4 N–H and O–H groups in total. The second-order valence-corrected chi connectivity index (χ2v) is 4.16. The second kappa shape index (κ2) is 4.26. The molecule has 2 heterocycles. The fourth-order valence-corrected chi connectivity index (χ4v) is 1.89. The smallest absolute Gasteiger partial charge is 0.345 e. The molecule has 8 heteroatoms. The van der Waals surface area contributed by atoms with Crippen LogP contribution >= 0.6 is 11.3 Å². The molecule has 0 aromatic carbocycles. The molecule has 0 aliphatic rings. The number of thiophene rings is 1. The van der Waals surface area contributed by atoms with Crippen LogP contribution < -0.4 is 11.0 Å². The Morgan fingerprint density at radius 1 is 1.35 bits per heavy atom. The number of anilines is 1. The number of amides is 1. The Morgan fingerprint density at radius 3 is 2.65 bits per heavy atom. The van der Waals surface area contributed by atoms with E-state index in [1.807, 2.05) is 0 Å². The molecular formula is C9H7N3O4S. The molecule has 7 nitrogen and oxygen atoms in total. The van der Waals surface area contributed by atoms with E-state index < -0.39 is 17.6 Å². The molecule has 0 spiro atoms. The largest absolute Gasteiger partial charge is 0.477 e. The van der Waals surface area contributed by atoms with E-state index >= 15 is 0 Å². The van der Waals surface area contributed by atoms with Crippen molar-refractivity contribution < 1.29 is 14.7 Å². The molecule has 2 rings (SSSR count). The topological polar surface area (TPSA) is 115 Å². The summed E-state index contributed by atoms with van der Waals surface area (Å²) in [6.45, 7) is 0. The lowest BCUT2D eigenvalue weighted by Gasteiger charge is -1.98. The highest BCUT2D eigenvalue weighted by Gasteiger charge is 2.11. The first kappa shape index (κ1) is 11.1. The number of hydrogen-bond donors (Lipinski definition) is 4. The summed E-state index contributed by atoms with van der Waals surface area (Å²) in [6.07, 6.45) is 1.24. The van der Waals surface area contributed by atoms with Crippen LogP contribution in [0.15, 0.2) is 23.1 Å². The van der Waals surface area contributed by atoms with Crippen LogP contribution in [-0.4, -0.2) is 27.0 Å². The number of nitrogens with one attached hydrogen (secondary N) is 3. The minimum Gasteiger partial charge on any atom is -0.477 e. The summed E-state index contributed by atoms with van der Waals surface area (Å²) in [6, 6.07) is 2.87. The van der Waals surface area contributed by atoms with Gasteiger partial charge in [0.1, 0.15) is 10.6 Å². The molecule has 0 saturated heterocycles. The number of carboxylic acid groups (broad SMARTS) is 1. The molecule has 2 aromatic rings. The fraction of sp³-hybridized carbons (Fsp3) is 0. The molecule has 2 aromatic heterocycles. The first-order valence-corrected chi connectivity index (χ1v) is 5.30. The molecule has 0 radical (unpaired) electrons. The van der Waals surface area contributed by atoms with Gasteiger partial charge in [-0.15, -0.1) is 11.3 Å². The monoisotopic (exact) mass is 253 g/mol. The van der Waals surface area contributed by atoms with Crippen molar-refractivity contribution >= 4 is 28.2 Å². The number of aromatic carboxylic acids is 1. The van der Waals surface area contributed by atoms with Gasteiger partial charge in [0.15, 0.2) is 0 Å². The van der Waals surface area contributed by atoms with Crippen molar-refractivity contribution in [2.24, 2.45) is 0 Å². The Labute approximate surface area is 98.1 Å². The third-order valence-corrected chi connectivity index (χ3v) is 2.88. The Kier molecular flexibility index (Phi) is 2.79. The first-order chi connectivity index (χ1) is 8.06. The van der Waals surface area contributed by atoms with E-state index in [1.54, 1.807) is 0 Å². The first-order valence-electron chi connectivity index (χ1n) is 4.48. The predicted molar refractivity (Wildman–Crippen MR) is 60.6 cm³/mol. The Hall–Kier alpha value is -2.35. The van der Waals surface area contributed by atoms with Gasteiger partial charge in [0.05, 0.1) is 5.00 Å². The summed E-state index contributed by atoms with van der Waals surface area (Å²) >= 11 is 0.937. The zero-order chi connectivity index (χ0) is 12.4. The molecular weight excluding hydrogens is 246 g/mol. The lowest BCUT2D eigenvalue weighted by molar-refractivity contribution is 0.0702. The number of H-pyrrole nitrogens is 2. The van der Waals surface area contributed by atoms with Crippen LogP contribution in [0.1, 0.15) is 20.2 Å². The zero-order valence-electron chi connectivity index (χ0n) is 8.31. The highest BCUT2D eigenvalue weighted by molar-refractivity contribution is 7.18. The maximum atomic E-state index is 11.6. The van der Waals surface area contributed by atoms with E-state index in [0.717, 1.165) is 11.3 Å². The van der Waals surface area contributed by atoms with Crippen molar-refractivity contribution in [2.45, 2.75) is 0 Å². The minimum atomic E-state index is -1.05. The van der Waals surface area contributed by atoms with E-state index in [2.05, 4.69) is 15.3 Å². The molecule has 0 fully saturated rings. The summed E-state index contributed by atoms with van der Waals surface area (Å²) in [5.41, 5.74) is -0.396. The number of hydrogen-bond acceptors (Lipinski definition) is 4. The molecule has 1 amide bonds. The maximum Gasteiger partial charge on any atom is 0.345 e. The van der Waals surface area contributed by atoms with Crippen molar-refractivity contribution in [2.75, 3.05) is 5.32 Å². The normalized spacial score (nSPS) is 10.1. The van der Waals surface area contributed by atoms with Crippen molar-refractivity contribution in [3.8, 4) is 0 Å². The van der Waals surface area contributed by atoms with Gasteiger partial charge in [-0.25, -0.2) is 9.59 Å². The number of carbonyl (C=O) groups is 2. The van der Waals surface area contributed by atoms with E-state index in [1.165, 1.54) is 18.3 Å². The van der Waals surface area contributed by atoms with Gasteiger partial charge < -0.3 is 20.4 Å². The van der Waals surface area contributed by atoms with Crippen LogP contribution in [0.4, 0.5) is 5.00 Å². The summed E-state index contributed by atoms with van der Waals surface area (Å²) in [5, 5.41) is 11.6. The summed E-state index contributed by atoms with van der Waals surface area (Å²) in [7, 11) is 0. The van der Waals surface area contributed by atoms with E-state index in [4.69, 9.17) is 5.11 Å². The van der Waals surface area contributed by atoms with E-state index in [9.17, 15) is 14.4 Å². The number of carboxylic acids is 1. The second-order valence-electron chi connectivity index (χ2n) is 3.08. The molecule has 0 aliphatic carbocycles. The van der Waals surface area contributed by atoms with Crippen LogP contribution in [0.5, 0.6) is 0 Å². The number of aromatic nitrogens is 2. The average Bonchev–Trinajstić information content (AvgIpc) is 2.86. The number of carbonyl (C=O) groups excluding carboxylic acids is 1. The average molecular weight is 253 g/mol. The Balaban J connectivity index is 2.13. The molecule has 17 heavy (non-hydrogen) atoms. The molecule has 0 aliphatic heterocycles. The maximum absolute atomic E-state index is 11.6. The summed E-state index contributed by atoms with van der Waals surface area (Å²) in [5.74, 6) is -1.56. The van der Waals surface area contributed by atoms with Crippen molar-refractivity contribution in [1.82, 2.24) is 9.97 Å². The summed E-state index contributed by atoms with van der Waals surface area (Å²) in [4.78, 5) is 37.7. The third-order valence-electron chi connectivity index (χ3n) is 1.89. The molecule has 0 unspecified atom stereocenters. The SMILES string of the molecule is O=C(Nc1ccc(C(=O)O)s1)c1c[nH]c(=O)[nH]1. The van der Waals surface area contributed by atoms with Gasteiger partial charge in [-0.3, -0.25) is 4.79 Å². The van der Waals surface area contributed by atoms with Gasteiger partial charge >= 0.3 is 11.7 Å². The lowest BCUT2D eigenvalue weighted by atomic mass is 10.4. The highest BCUT2D eigenvalue weighted by Crippen LogP contribution is 2.21. The fourth-order valence-electron chi connectivity index (χ4n) is 1.15. The zero-order valence-corrected chi connectivity index (χ0v) is 9.13. The van der Waals surface area contributed by atoms with Crippen molar-refractivity contribution in [1.29, 1.82) is 0 Å². The van der Waals surface area contributed by atoms with Crippen LogP contribution in [0, 0.1) is 0 Å². The highest BCUT2D eigenvalue weighted by atomic mass is 32.1. The summed E-state index contributed by atoms with van der Waals surface area (Å²) < 4.78 is 0. The van der Waals surface area contributed by atoms with Crippen LogP contribution in [0.25, 0.3) is 0 Å². The number of imidazole rings is 1. The van der Waals surface area contributed by atoms with Crippen molar-refractivity contribution in [3.63, 3.8) is 0 Å². The van der Waals surface area contributed by atoms with E-state index in [0.29, 0.717) is 5.00 Å². The minimum absolute atomic E-state index is 0.0836. The number of rotatable bonds is 3.